The highest BCUT2D eigenvalue weighted by atomic mass is 35.5. The fraction of sp³-hybridized carbons (Fsp3) is 0.308. The minimum Gasteiger partial charge on any atom is -0.460 e. The summed E-state index contributed by atoms with van der Waals surface area (Å²) < 4.78 is 38.1. The van der Waals surface area contributed by atoms with Crippen LogP contribution in [0.4, 0.5) is 5.82 Å². The lowest BCUT2D eigenvalue weighted by molar-refractivity contribution is -0.146. The topological polar surface area (TPSA) is 173 Å². The molecule has 216 valence electrons. The van der Waals surface area contributed by atoms with Crippen molar-refractivity contribution >= 4 is 42.3 Å². The molecule has 15 heteroatoms. The van der Waals surface area contributed by atoms with Gasteiger partial charge in [0.15, 0.2) is 11.5 Å². The molecule has 0 bridgehead atoms. The summed E-state index contributed by atoms with van der Waals surface area (Å²) in [4.78, 5) is 24.9. The van der Waals surface area contributed by atoms with Gasteiger partial charge in [-0.05, 0) is 36.2 Å². The number of carbonyl (C=O) groups excluding carboxylic acids is 1. The Morgan fingerprint density at radius 1 is 1.22 bits per heavy atom. The van der Waals surface area contributed by atoms with E-state index in [1.165, 1.54) is 13.3 Å². The third-order valence-corrected chi connectivity index (χ3v) is 8.06. The van der Waals surface area contributed by atoms with E-state index in [2.05, 4.69) is 20.0 Å². The first-order chi connectivity index (χ1) is 19.7. The number of imidazole rings is 1. The third-order valence-electron chi connectivity index (χ3n) is 6.24. The predicted octanol–water partition coefficient (Wildman–Crippen LogP) is 3.64. The van der Waals surface area contributed by atoms with Gasteiger partial charge in [0.25, 0.3) is 0 Å². The number of rotatable bonds is 11. The van der Waals surface area contributed by atoms with Gasteiger partial charge < -0.3 is 24.8 Å². The number of fused-ring (bicyclic) bond motifs is 1. The molecule has 0 spiro atoms. The van der Waals surface area contributed by atoms with Crippen molar-refractivity contribution in [3.63, 3.8) is 0 Å². The van der Waals surface area contributed by atoms with Crippen LogP contribution in [0.15, 0.2) is 67.0 Å². The van der Waals surface area contributed by atoms with Crippen LogP contribution < -0.4 is 15.3 Å². The summed E-state index contributed by atoms with van der Waals surface area (Å²) in [6, 6.07) is 16.5. The molecule has 0 aliphatic carbocycles. The number of nitrogens with two attached hydrogens (primary N) is 1. The number of aromatic nitrogens is 4. The number of nitrogens with one attached hydrogen (secondary N) is 1. The summed E-state index contributed by atoms with van der Waals surface area (Å²) in [6.45, 7) is 1.20. The molecular weight excluding hydrogens is 575 g/mol. The van der Waals surface area contributed by atoms with E-state index in [1.54, 1.807) is 34.9 Å². The van der Waals surface area contributed by atoms with Crippen molar-refractivity contribution in [3.8, 4) is 5.75 Å². The van der Waals surface area contributed by atoms with Gasteiger partial charge in [0.1, 0.15) is 36.2 Å². The first-order valence-corrected chi connectivity index (χ1v) is 14.6. The van der Waals surface area contributed by atoms with E-state index in [0.717, 1.165) is 5.56 Å². The number of aliphatic hydroxyl groups is 1. The zero-order chi connectivity index (χ0) is 29.0. The standard InChI is InChI=1S/C26H28ClN6O7P/c1-16(25(35)37-13-17-8-4-2-5-9-17)32-41(36,40-18-10-6-3-7-11-18)38-14-20-19(34)12-21(39-20)33-15-29-22-23(28)30-26(27)31-24(22)33/h2-11,15-16,19-21,34H,12-14H2,1H3,(H,32,36)(H2,28,30,31)/t16-,19+,20-,21-,41?/m1/s1. The van der Waals surface area contributed by atoms with Gasteiger partial charge >= 0.3 is 13.7 Å². The molecule has 1 aliphatic rings. The summed E-state index contributed by atoms with van der Waals surface area (Å²) in [7, 11) is -4.17. The molecular formula is C26H28ClN6O7P. The Hall–Kier alpha value is -3.58. The summed E-state index contributed by atoms with van der Waals surface area (Å²) in [5.41, 5.74) is 7.36. The number of esters is 1. The Labute approximate surface area is 240 Å². The van der Waals surface area contributed by atoms with Crippen LogP contribution in [0.1, 0.15) is 25.1 Å². The molecule has 41 heavy (non-hydrogen) atoms. The van der Waals surface area contributed by atoms with E-state index in [1.807, 2.05) is 30.3 Å². The Balaban J connectivity index is 1.26. The second-order valence-corrected chi connectivity index (χ2v) is 11.3. The van der Waals surface area contributed by atoms with Gasteiger partial charge in [0.2, 0.25) is 5.28 Å². The first-order valence-electron chi connectivity index (χ1n) is 12.7. The van der Waals surface area contributed by atoms with E-state index in [0.29, 0.717) is 11.2 Å². The molecule has 1 unspecified atom stereocenters. The average Bonchev–Trinajstić information content (AvgIpc) is 3.54. The number of nitrogen functional groups attached to an aromatic ring is 1. The molecule has 0 amide bonds. The number of para-hydroxylation sites is 1. The average molecular weight is 603 g/mol. The second kappa shape index (κ2) is 12.5. The summed E-state index contributed by atoms with van der Waals surface area (Å²) in [5.74, 6) is -0.296. The normalized spacial score (nSPS) is 20.9. The minimum atomic E-state index is -4.17. The number of carbonyl (C=O) groups is 1. The van der Waals surface area contributed by atoms with Gasteiger partial charge in [-0.2, -0.15) is 15.1 Å². The van der Waals surface area contributed by atoms with Crippen LogP contribution in [0.25, 0.3) is 11.2 Å². The number of ether oxygens (including phenoxy) is 2. The molecule has 4 aromatic rings. The highest BCUT2D eigenvalue weighted by molar-refractivity contribution is 7.52. The molecule has 13 nitrogen and oxygen atoms in total. The van der Waals surface area contributed by atoms with E-state index in [9.17, 15) is 14.5 Å². The quantitative estimate of drug-likeness (QED) is 0.129. The van der Waals surface area contributed by atoms with E-state index < -0.39 is 38.2 Å². The van der Waals surface area contributed by atoms with Crippen molar-refractivity contribution in [2.75, 3.05) is 12.3 Å². The second-order valence-electron chi connectivity index (χ2n) is 9.28. The monoisotopic (exact) mass is 602 g/mol. The van der Waals surface area contributed by atoms with Gasteiger partial charge in [0.05, 0.1) is 19.0 Å². The predicted molar refractivity (Wildman–Crippen MR) is 149 cm³/mol. The molecule has 5 rings (SSSR count). The van der Waals surface area contributed by atoms with Crippen molar-refractivity contribution in [2.24, 2.45) is 0 Å². The number of benzene rings is 2. The van der Waals surface area contributed by atoms with Crippen molar-refractivity contribution < 1.29 is 33.0 Å². The number of hydrogen-bond acceptors (Lipinski definition) is 11. The zero-order valence-corrected chi connectivity index (χ0v) is 23.5. The largest absolute Gasteiger partial charge is 0.460 e. The molecule has 3 heterocycles. The molecule has 4 N–H and O–H groups in total. The smallest absolute Gasteiger partial charge is 0.459 e. The van der Waals surface area contributed by atoms with Crippen LogP contribution >= 0.6 is 19.3 Å². The van der Waals surface area contributed by atoms with Crippen LogP contribution in [0, 0.1) is 0 Å². The SMILES string of the molecule is C[C@@H](NP(=O)(OC[C@H]1O[C@@H](n2cnc3c(N)nc(Cl)nc32)C[C@@H]1O)Oc1ccccc1)C(=O)OCc1ccccc1. The number of nitrogens with zero attached hydrogens (tertiary/aromatic N) is 4. The molecule has 5 atom stereocenters. The van der Waals surface area contributed by atoms with Gasteiger partial charge in [-0.15, -0.1) is 0 Å². The summed E-state index contributed by atoms with van der Waals surface area (Å²) in [6.07, 6.45) is -0.975. The summed E-state index contributed by atoms with van der Waals surface area (Å²) >= 11 is 5.96. The third kappa shape index (κ3) is 7.02. The lowest BCUT2D eigenvalue weighted by atomic mass is 10.2. The maximum absolute atomic E-state index is 13.8. The van der Waals surface area contributed by atoms with Crippen molar-refractivity contribution in [1.82, 2.24) is 24.6 Å². The van der Waals surface area contributed by atoms with Crippen LogP contribution in [0.2, 0.25) is 5.28 Å². The molecule has 0 saturated carbocycles. The first kappa shape index (κ1) is 28.9. The van der Waals surface area contributed by atoms with Gasteiger partial charge in [-0.1, -0.05) is 48.5 Å². The number of aliphatic hydroxyl groups excluding tert-OH is 1. The lowest BCUT2D eigenvalue weighted by Crippen LogP contribution is -2.36. The Bertz CT molecular complexity index is 1540. The van der Waals surface area contributed by atoms with Crippen molar-refractivity contribution in [3.05, 3.63) is 77.8 Å². The van der Waals surface area contributed by atoms with Crippen LogP contribution in [-0.2, 0) is 30.0 Å². The van der Waals surface area contributed by atoms with Crippen LogP contribution in [0.3, 0.4) is 0 Å². The fourth-order valence-corrected chi connectivity index (χ4v) is 5.86. The van der Waals surface area contributed by atoms with Gasteiger partial charge in [0, 0.05) is 6.42 Å². The maximum atomic E-state index is 13.8. The number of halogens is 1. The minimum absolute atomic E-state index is 0.0462. The maximum Gasteiger partial charge on any atom is 0.459 e. The summed E-state index contributed by atoms with van der Waals surface area (Å²) in [5, 5.41) is 13.3. The molecule has 2 aromatic carbocycles. The van der Waals surface area contributed by atoms with E-state index >= 15 is 0 Å². The highest BCUT2D eigenvalue weighted by Crippen LogP contribution is 2.46. The Morgan fingerprint density at radius 2 is 1.93 bits per heavy atom. The van der Waals surface area contributed by atoms with E-state index in [-0.39, 0.29) is 36.5 Å². The van der Waals surface area contributed by atoms with Crippen LogP contribution in [-0.4, -0.2) is 55.5 Å². The van der Waals surface area contributed by atoms with E-state index in [4.69, 9.17) is 35.9 Å². The zero-order valence-electron chi connectivity index (χ0n) is 21.9. The molecule has 1 aliphatic heterocycles. The van der Waals surface area contributed by atoms with Crippen molar-refractivity contribution in [1.29, 1.82) is 0 Å². The fourth-order valence-electron chi connectivity index (χ4n) is 4.18. The van der Waals surface area contributed by atoms with Gasteiger partial charge in [-0.3, -0.25) is 13.9 Å². The highest BCUT2D eigenvalue weighted by Gasteiger charge is 2.40. The Kier molecular flexibility index (Phi) is 8.83. The van der Waals surface area contributed by atoms with Crippen molar-refractivity contribution in [2.45, 2.75) is 44.4 Å². The lowest BCUT2D eigenvalue weighted by Gasteiger charge is -2.24. The number of anilines is 1. The van der Waals surface area contributed by atoms with Gasteiger partial charge in [-0.25, -0.2) is 9.55 Å². The number of hydrogen-bond donors (Lipinski definition) is 3. The van der Waals surface area contributed by atoms with Crippen LogP contribution in [0.5, 0.6) is 5.75 Å². The molecule has 1 fully saturated rings. The molecule has 0 radical (unpaired) electrons. The molecule has 1 saturated heterocycles. The Morgan fingerprint density at radius 3 is 2.66 bits per heavy atom. The molecule has 2 aromatic heterocycles.